The average Bonchev–Trinajstić information content (AvgIpc) is 3.32. The van der Waals surface area contributed by atoms with Crippen LogP contribution in [0, 0.1) is 6.92 Å². The summed E-state index contributed by atoms with van der Waals surface area (Å²) in [7, 11) is 0. The van der Waals surface area contributed by atoms with Crippen LogP contribution in [0.5, 0.6) is 0 Å². The van der Waals surface area contributed by atoms with E-state index in [-0.39, 0.29) is 11.9 Å². The summed E-state index contributed by atoms with van der Waals surface area (Å²) in [6.07, 6.45) is 6.90. The molecule has 0 spiro atoms. The Hall–Kier alpha value is -3.48. The zero-order valence-corrected chi connectivity index (χ0v) is 16.1. The predicted octanol–water partition coefficient (Wildman–Crippen LogP) is 3.41. The van der Waals surface area contributed by atoms with E-state index >= 15 is 0 Å². The highest BCUT2D eigenvalue weighted by Gasteiger charge is 2.21. The predicted molar refractivity (Wildman–Crippen MR) is 107 cm³/mol. The first-order valence-corrected chi connectivity index (χ1v) is 9.24. The monoisotopic (exact) mass is 374 g/mol. The van der Waals surface area contributed by atoms with E-state index in [0.29, 0.717) is 23.6 Å². The van der Waals surface area contributed by atoms with Crippen molar-refractivity contribution in [2.45, 2.75) is 33.4 Å². The molecule has 28 heavy (non-hydrogen) atoms. The number of benzene rings is 1. The van der Waals surface area contributed by atoms with Crippen LogP contribution in [-0.4, -0.2) is 30.1 Å². The maximum absolute atomic E-state index is 12.9. The van der Waals surface area contributed by atoms with Crippen LogP contribution in [0.2, 0.25) is 0 Å². The molecule has 0 aliphatic heterocycles. The van der Waals surface area contributed by atoms with Crippen LogP contribution in [0.1, 0.15) is 41.5 Å². The quantitative estimate of drug-likeness (QED) is 0.581. The number of carbonyl (C=O) groups is 1. The molecule has 7 nitrogen and oxygen atoms in total. The largest absolute Gasteiger partial charge is 0.347 e. The molecule has 4 aromatic rings. The lowest BCUT2D eigenvalue weighted by atomic mass is 10.1. The minimum Gasteiger partial charge on any atom is -0.347 e. The Morgan fingerprint density at radius 2 is 1.93 bits per heavy atom. The minimum absolute atomic E-state index is 0.179. The van der Waals surface area contributed by atoms with Gasteiger partial charge in [-0.2, -0.15) is 5.10 Å². The number of imidazole rings is 1. The van der Waals surface area contributed by atoms with Crippen LogP contribution < -0.4 is 5.32 Å². The van der Waals surface area contributed by atoms with Crippen LogP contribution in [0.3, 0.4) is 0 Å². The molecule has 0 aliphatic rings. The Labute approximate surface area is 163 Å². The van der Waals surface area contributed by atoms with Gasteiger partial charge in [-0.3, -0.25) is 18.9 Å². The summed E-state index contributed by atoms with van der Waals surface area (Å²) in [4.78, 5) is 21.7. The Kier molecular flexibility index (Phi) is 4.65. The van der Waals surface area contributed by atoms with Gasteiger partial charge in [0.2, 0.25) is 0 Å². The molecular weight excluding hydrogens is 352 g/mol. The average molecular weight is 374 g/mol. The second-order valence-electron chi connectivity index (χ2n) is 7.04. The van der Waals surface area contributed by atoms with Crippen molar-refractivity contribution in [3.8, 4) is 11.5 Å². The number of rotatable bonds is 5. The molecule has 1 amide bonds. The van der Waals surface area contributed by atoms with Gasteiger partial charge in [0, 0.05) is 31.2 Å². The summed E-state index contributed by atoms with van der Waals surface area (Å²) in [6, 6.07) is 10.2. The van der Waals surface area contributed by atoms with Crippen molar-refractivity contribution in [2.75, 3.05) is 0 Å². The van der Waals surface area contributed by atoms with Gasteiger partial charge < -0.3 is 5.32 Å². The lowest BCUT2D eigenvalue weighted by molar-refractivity contribution is 0.0948. The van der Waals surface area contributed by atoms with Crippen LogP contribution in [0.15, 0.2) is 55.1 Å². The van der Waals surface area contributed by atoms with Gasteiger partial charge >= 0.3 is 0 Å². The van der Waals surface area contributed by atoms with E-state index in [1.807, 2.05) is 52.5 Å². The molecule has 3 heterocycles. The first-order chi connectivity index (χ1) is 13.5. The Morgan fingerprint density at radius 1 is 1.14 bits per heavy atom. The van der Waals surface area contributed by atoms with Crippen LogP contribution in [-0.2, 0) is 6.54 Å². The summed E-state index contributed by atoms with van der Waals surface area (Å²) >= 11 is 0. The number of carbonyl (C=O) groups excluding carboxylic acids is 1. The van der Waals surface area contributed by atoms with Gasteiger partial charge in [0.1, 0.15) is 5.69 Å². The molecule has 0 atom stereocenters. The topological polar surface area (TPSA) is 77.1 Å². The minimum atomic E-state index is -0.229. The van der Waals surface area contributed by atoms with Crippen molar-refractivity contribution in [1.82, 2.24) is 29.5 Å². The van der Waals surface area contributed by atoms with Gasteiger partial charge in [-0.1, -0.05) is 29.8 Å². The van der Waals surface area contributed by atoms with Crippen LogP contribution >= 0.6 is 0 Å². The second-order valence-corrected chi connectivity index (χ2v) is 7.04. The third-order valence-corrected chi connectivity index (χ3v) is 4.62. The molecule has 0 bridgehead atoms. The lowest BCUT2D eigenvalue weighted by Crippen LogP contribution is -2.23. The molecule has 142 valence electrons. The highest BCUT2D eigenvalue weighted by molar-refractivity contribution is 5.99. The normalized spacial score (nSPS) is 11.3. The lowest BCUT2D eigenvalue weighted by Gasteiger charge is -2.09. The molecule has 4 rings (SSSR count). The number of aryl methyl sites for hydroxylation is 1. The van der Waals surface area contributed by atoms with Crippen molar-refractivity contribution in [3.63, 3.8) is 0 Å². The molecule has 0 radical (unpaired) electrons. The first kappa shape index (κ1) is 17.9. The third-order valence-electron chi connectivity index (χ3n) is 4.62. The number of nitrogens with zero attached hydrogens (tertiary/aromatic N) is 5. The Morgan fingerprint density at radius 3 is 2.68 bits per heavy atom. The van der Waals surface area contributed by atoms with E-state index in [9.17, 15) is 4.79 Å². The summed E-state index contributed by atoms with van der Waals surface area (Å²) in [5, 5.41) is 7.34. The molecule has 0 saturated carbocycles. The third kappa shape index (κ3) is 3.26. The molecule has 7 heteroatoms. The van der Waals surface area contributed by atoms with Crippen molar-refractivity contribution >= 4 is 11.4 Å². The smallest absolute Gasteiger partial charge is 0.272 e. The van der Waals surface area contributed by atoms with E-state index in [1.165, 1.54) is 5.56 Å². The van der Waals surface area contributed by atoms with Gasteiger partial charge in [0.05, 0.1) is 11.7 Å². The summed E-state index contributed by atoms with van der Waals surface area (Å²) in [5.41, 5.74) is 4.10. The van der Waals surface area contributed by atoms with Gasteiger partial charge in [-0.05, 0) is 32.4 Å². The highest BCUT2D eigenvalue weighted by atomic mass is 16.1. The molecule has 0 fully saturated rings. The molecule has 0 saturated heterocycles. The molecule has 3 aromatic heterocycles. The zero-order valence-electron chi connectivity index (χ0n) is 16.1. The van der Waals surface area contributed by atoms with Gasteiger partial charge in [0.25, 0.3) is 5.91 Å². The van der Waals surface area contributed by atoms with E-state index in [0.717, 1.165) is 11.3 Å². The van der Waals surface area contributed by atoms with E-state index in [1.54, 1.807) is 18.6 Å². The zero-order chi connectivity index (χ0) is 19.7. The first-order valence-electron chi connectivity index (χ1n) is 9.24. The number of amides is 1. The van der Waals surface area contributed by atoms with Gasteiger partial charge in [0.15, 0.2) is 11.5 Å². The van der Waals surface area contributed by atoms with Gasteiger partial charge in [-0.25, -0.2) is 4.98 Å². The molecule has 0 unspecified atom stereocenters. The van der Waals surface area contributed by atoms with Crippen molar-refractivity contribution in [1.29, 1.82) is 0 Å². The van der Waals surface area contributed by atoms with Crippen molar-refractivity contribution in [2.24, 2.45) is 0 Å². The van der Waals surface area contributed by atoms with Gasteiger partial charge in [-0.15, -0.1) is 0 Å². The van der Waals surface area contributed by atoms with E-state index in [4.69, 9.17) is 0 Å². The van der Waals surface area contributed by atoms with Crippen LogP contribution in [0.4, 0.5) is 0 Å². The maximum atomic E-state index is 12.9. The fraction of sp³-hybridized carbons (Fsp3) is 0.238. The van der Waals surface area contributed by atoms with Crippen molar-refractivity contribution in [3.05, 3.63) is 71.9 Å². The SMILES string of the molecule is Cc1ccc(CNC(=O)c2nc(-c3ccnn3C(C)C)n3ccncc23)cc1. The molecule has 1 aromatic carbocycles. The fourth-order valence-corrected chi connectivity index (χ4v) is 3.16. The molecular formula is C21H22N6O. The number of nitrogens with one attached hydrogen (secondary N) is 1. The number of aromatic nitrogens is 5. The summed E-state index contributed by atoms with van der Waals surface area (Å²) < 4.78 is 3.77. The summed E-state index contributed by atoms with van der Waals surface area (Å²) in [6.45, 7) is 6.60. The number of fused-ring (bicyclic) bond motifs is 1. The Bertz CT molecular complexity index is 1120. The summed E-state index contributed by atoms with van der Waals surface area (Å²) in [5.74, 6) is 0.442. The number of hydrogen-bond donors (Lipinski definition) is 1. The van der Waals surface area contributed by atoms with E-state index in [2.05, 4.69) is 34.2 Å². The van der Waals surface area contributed by atoms with Crippen molar-refractivity contribution < 1.29 is 4.79 Å². The highest BCUT2D eigenvalue weighted by Crippen LogP contribution is 2.24. The maximum Gasteiger partial charge on any atom is 0.272 e. The number of hydrogen-bond acceptors (Lipinski definition) is 4. The Balaban J connectivity index is 1.68. The van der Waals surface area contributed by atoms with Crippen LogP contribution in [0.25, 0.3) is 17.0 Å². The van der Waals surface area contributed by atoms with E-state index < -0.39 is 0 Å². The second kappa shape index (κ2) is 7.26. The molecule has 1 N–H and O–H groups in total. The molecule has 0 aliphatic carbocycles. The standard InChI is InChI=1S/C21H22N6O/c1-14(2)27-17(8-9-24-27)20-25-19(18-13-22-10-11-26(18)20)21(28)23-12-16-6-4-15(3)5-7-16/h4-11,13-14H,12H2,1-3H3,(H,23,28). The fourth-order valence-electron chi connectivity index (χ4n) is 3.16.